The fraction of sp³-hybridized carbons (Fsp3) is 0.947. The van der Waals surface area contributed by atoms with Gasteiger partial charge in [0.2, 0.25) is 0 Å². The SMILES string of the molecule is CCCCCCCCCCCCCCCCCCC(=O)OC[C@H](COP(=O)(O)OC[C@@H](O)COP(=O)(O)OC[C@@H](COC(=O)CCCCCCCCCCCC)OC(=O)CCCCCCCCC(C)CC)OC(=O)CCCCCCCCCCCCCCCCC(C)CC. The molecular formula is C75H146O17P2. The Bertz CT molecular complexity index is 1820. The first-order valence-electron chi connectivity index (χ1n) is 39.1. The highest BCUT2D eigenvalue weighted by atomic mass is 31.2. The van der Waals surface area contributed by atoms with Crippen LogP contribution in [0.15, 0.2) is 0 Å². The molecular weight excluding hydrogens is 1230 g/mol. The molecule has 17 nitrogen and oxygen atoms in total. The Labute approximate surface area is 575 Å². The molecule has 0 aliphatic rings. The number of phosphoric acid groups is 2. The molecule has 3 N–H and O–H groups in total. The van der Waals surface area contributed by atoms with Crippen LogP contribution in [0.5, 0.6) is 0 Å². The number of hydrogen-bond acceptors (Lipinski definition) is 15. The molecule has 558 valence electrons. The third-order valence-corrected chi connectivity index (χ3v) is 20.1. The summed E-state index contributed by atoms with van der Waals surface area (Å²) >= 11 is 0. The summed E-state index contributed by atoms with van der Waals surface area (Å²) < 4.78 is 68.4. The van der Waals surface area contributed by atoms with Crippen molar-refractivity contribution in [3.8, 4) is 0 Å². The lowest BCUT2D eigenvalue weighted by Crippen LogP contribution is -2.30. The van der Waals surface area contributed by atoms with Crippen molar-refractivity contribution in [2.45, 2.75) is 407 Å². The Balaban J connectivity index is 5.23. The van der Waals surface area contributed by atoms with Gasteiger partial charge in [0.25, 0.3) is 0 Å². The quantitative estimate of drug-likeness (QED) is 0.0222. The van der Waals surface area contributed by atoms with Gasteiger partial charge in [-0.25, -0.2) is 9.13 Å². The molecule has 0 saturated carbocycles. The predicted molar refractivity (Wildman–Crippen MR) is 381 cm³/mol. The summed E-state index contributed by atoms with van der Waals surface area (Å²) in [4.78, 5) is 72.7. The van der Waals surface area contributed by atoms with Crippen LogP contribution in [0.4, 0.5) is 0 Å². The Kier molecular flexibility index (Phi) is 65.5. The first kappa shape index (κ1) is 92.1. The minimum Gasteiger partial charge on any atom is -0.462 e. The van der Waals surface area contributed by atoms with Crippen molar-refractivity contribution in [2.75, 3.05) is 39.6 Å². The number of unbranched alkanes of at least 4 members (excludes halogenated alkanes) is 42. The molecule has 19 heteroatoms. The normalized spacial score (nSPS) is 14.6. The molecule has 0 amide bonds. The number of hydrogen-bond donors (Lipinski definition) is 3. The van der Waals surface area contributed by atoms with Crippen LogP contribution in [-0.2, 0) is 65.4 Å². The van der Waals surface area contributed by atoms with Crippen LogP contribution in [0.2, 0.25) is 0 Å². The number of esters is 4. The van der Waals surface area contributed by atoms with Gasteiger partial charge in [0.1, 0.15) is 19.3 Å². The molecule has 0 radical (unpaired) electrons. The monoisotopic (exact) mass is 1380 g/mol. The zero-order valence-electron chi connectivity index (χ0n) is 61.3. The third kappa shape index (κ3) is 66.0. The first-order valence-corrected chi connectivity index (χ1v) is 42.1. The fourth-order valence-corrected chi connectivity index (χ4v) is 13.0. The second-order valence-corrected chi connectivity index (χ2v) is 30.4. The second-order valence-electron chi connectivity index (χ2n) is 27.5. The Hall–Kier alpha value is -1.94. The number of carbonyl (C=O) groups is 4. The smallest absolute Gasteiger partial charge is 0.462 e. The van der Waals surface area contributed by atoms with Crippen molar-refractivity contribution in [1.82, 2.24) is 0 Å². The van der Waals surface area contributed by atoms with E-state index in [0.29, 0.717) is 25.7 Å². The summed E-state index contributed by atoms with van der Waals surface area (Å²) in [6.07, 6.45) is 54.1. The first-order chi connectivity index (χ1) is 45.4. The minimum absolute atomic E-state index is 0.103. The standard InChI is InChI=1S/C75H146O17P2/c1-7-11-13-15-17-19-21-22-23-24-28-31-35-39-46-52-58-73(78)85-63-70(91-74(79)59-53-47-40-36-32-29-26-25-27-30-33-37-43-49-55-67(5)9-3)65-89-93(81,82)87-61-69(76)62-88-94(83,84)90-66-71(92-75(80)60-54-48-42-41-44-50-56-68(6)10-4)64-86-72(77)57-51-45-38-34-20-18-16-14-12-8-2/h67-71,76H,7-66H2,1-6H3,(H,81,82)(H,83,84)/t67?,68?,69-,70-,71-/m1/s1. The van der Waals surface area contributed by atoms with E-state index in [1.165, 1.54) is 205 Å². The summed E-state index contributed by atoms with van der Waals surface area (Å²) in [7, 11) is -9.91. The average molecular weight is 1380 g/mol. The van der Waals surface area contributed by atoms with E-state index in [1.807, 2.05) is 0 Å². The van der Waals surface area contributed by atoms with E-state index in [2.05, 4.69) is 41.5 Å². The van der Waals surface area contributed by atoms with Gasteiger partial charge in [-0.2, -0.15) is 0 Å². The van der Waals surface area contributed by atoms with Crippen molar-refractivity contribution >= 4 is 39.5 Å². The van der Waals surface area contributed by atoms with Crippen LogP contribution >= 0.6 is 15.6 Å². The van der Waals surface area contributed by atoms with E-state index in [-0.39, 0.29) is 25.7 Å². The minimum atomic E-state index is -4.96. The molecule has 0 aromatic carbocycles. The van der Waals surface area contributed by atoms with Crippen LogP contribution in [0, 0.1) is 11.8 Å². The van der Waals surface area contributed by atoms with E-state index in [4.69, 9.17) is 37.0 Å². The molecule has 4 unspecified atom stereocenters. The van der Waals surface area contributed by atoms with Gasteiger partial charge in [-0.3, -0.25) is 37.3 Å². The Morgan fingerprint density at radius 3 is 0.755 bits per heavy atom. The van der Waals surface area contributed by atoms with Gasteiger partial charge < -0.3 is 33.8 Å². The summed E-state index contributed by atoms with van der Waals surface area (Å²) in [6, 6.07) is 0. The van der Waals surface area contributed by atoms with Gasteiger partial charge in [0, 0.05) is 25.7 Å². The van der Waals surface area contributed by atoms with Crippen molar-refractivity contribution in [3.05, 3.63) is 0 Å². The Morgan fingerprint density at radius 1 is 0.298 bits per heavy atom. The second kappa shape index (κ2) is 66.9. The zero-order chi connectivity index (χ0) is 69.3. The molecule has 0 spiro atoms. The van der Waals surface area contributed by atoms with Crippen LogP contribution in [0.1, 0.15) is 388 Å². The molecule has 0 aliphatic heterocycles. The lowest BCUT2D eigenvalue weighted by Gasteiger charge is -2.21. The molecule has 0 rings (SSSR count). The maximum atomic E-state index is 13.1. The molecule has 0 bridgehead atoms. The summed E-state index contributed by atoms with van der Waals surface area (Å²) in [5.41, 5.74) is 0. The molecule has 0 aromatic rings. The number of rotatable bonds is 74. The Morgan fingerprint density at radius 2 is 0.511 bits per heavy atom. The van der Waals surface area contributed by atoms with Crippen LogP contribution < -0.4 is 0 Å². The van der Waals surface area contributed by atoms with Gasteiger partial charge in [-0.05, 0) is 37.5 Å². The van der Waals surface area contributed by atoms with Gasteiger partial charge in [0.05, 0.1) is 26.4 Å². The summed E-state index contributed by atoms with van der Waals surface area (Å²) in [6.45, 7) is 9.59. The van der Waals surface area contributed by atoms with Crippen LogP contribution in [0.25, 0.3) is 0 Å². The number of ether oxygens (including phenoxy) is 4. The highest BCUT2D eigenvalue weighted by Gasteiger charge is 2.30. The van der Waals surface area contributed by atoms with Crippen molar-refractivity contribution in [1.29, 1.82) is 0 Å². The highest BCUT2D eigenvalue weighted by molar-refractivity contribution is 7.47. The summed E-state index contributed by atoms with van der Waals surface area (Å²) in [5.74, 6) is -0.553. The van der Waals surface area contributed by atoms with Crippen LogP contribution in [-0.4, -0.2) is 96.7 Å². The molecule has 0 aromatic heterocycles. The molecule has 94 heavy (non-hydrogen) atoms. The number of carbonyl (C=O) groups excluding carboxylic acids is 4. The molecule has 0 heterocycles. The summed E-state index contributed by atoms with van der Waals surface area (Å²) in [5, 5.41) is 10.6. The molecule has 0 aliphatic carbocycles. The van der Waals surface area contributed by atoms with Gasteiger partial charge >= 0.3 is 39.5 Å². The van der Waals surface area contributed by atoms with E-state index < -0.39 is 97.5 Å². The molecule has 7 atom stereocenters. The highest BCUT2D eigenvalue weighted by Crippen LogP contribution is 2.45. The predicted octanol–water partition coefficient (Wildman–Crippen LogP) is 21.9. The number of aliphatic hydroxyl groups is 1. The van der Waals surface area contributed by atoms with E-state index in [1.54, 1.807) is 0 Å². The number of phosphoric ester groups is 2. The topological polar surface area (TPSA) is 237 Å². The van der Waals surface area contributed by atoms with Crippen molar-refractivity contribution in [2.24, 2.45) is 11.8 Å². The lowest BCUT2D eigenvalue weighted by molar-refractivity contribution is -0.161. The zero-order valence-corrected chi connectivity index (χ0v) is 63.1. The molecule has 0 fully saturated rings. The van der Waals surface area contributed by atoms with Gasteiger partial charge in [-0.15, -0.1) is 0 Å². The van der Waals surface area contributed by atoms with E-state index in [9.17, 15) is 43.2 Å². The maximum Gasteiger partial charge on any atom is 0.472 e. The van der Waals surface area contributed by atoms with Crippen molar-refractivity contribution < 1.29 is 80.2 Å². The van der Waals surface area contributed by atoms with Gasteiger partial charge in [-0.1, -0.05) is 337 Å². The largest absolute Gasteiger partial charge is 0.472 e. The third-order valence-electron chi connectivity index (χ3n) is 18.2. The van der Waals surface area contributed by atoms with E-state index in [0.717, 1.165) is 102 Å². The van der Waals surface area contributed by atoms with E-state index >= 15 is 0 Å². The fourth-order valence-electron chi connectivity index (χ4n) is 11.4. The average Bonchev–Trinajstić information content (AvgIpc) is 2.49. The maximum absolute atomic E-state index is 13.1. The lowest BCUT2D eigenvalue weighted by atomic mass is 9.99. The van der Waals surface area contributed by atoms with Gasteiger partial charge in [0.15, 0.2) is 12.2 Å². The molecule has 0 saturated heterocycles. The van der Waals surface area contributed by atoms with Crippen LogP contribution in [0.3, 0.4) is 0 Å². The number of aliphatic hydroxyl groups excluding tert-OH is 1. The van der Waals surface area contributed by atoms with Crippen molar-refractivity contribution in [3.63, 3.8) is 0 Å².